The molecule has 1 atom stereocenters. The normalized spacial score (nSPS) is 27.7. The van der Waals surface area contributed by atoms with Gasteiger partial charge in [0, 0.05) is 20.2 Å². The topological polar surface area (TPSA) is 69.4 Å². The van der Waals surface area contributed by atoms with Crippen LogP contribution in [0.4, 0.5) is 0 Å². The minimum Gasteiger partial charge on any atom is -0.370 e. The standard InChI is InChI=1S/C11H17N3O3/c1-15-11(3-2-4-11)10-13-9(17-14-10)8-7-12-5-6-16-8/h8,12H,2-7H2,1H3. The van der Waals surface area contributed by atoms with Crippen molar-refractivity contribution in [2.45, 2.75) is 31.0 Å². The minimum atomic E-state index is -0.316. The molecule has 2 heterocycles. The van der Waals surface area contributed by atoms with Gasteiger partial charge >= 0.3 is 0 Å². The summed E-state index contributed by atoms with van der Waals surface area (Å²) >= 11 is 0. The van der Waals surface area contributed by atoms with Gasteiger partial charge < -0.3 is 19.3 Å². The highest BCUT2D eigenvalue weighted by Crippen LogP contribution is 2.43. The largest absolute Gasteiger partial charge is 0.370 e. The molecule has 6 nitrogen and oxygen atoms in total. The SMILES string of the molecule is COC1(c2noc(C3CNCCO3)n2)CCC1. The Bertz CT molecular complexity index is 378. The van der Waals surface area contributed by atoms with Crippen LogP contribution in [0.5, 0.6) is 0 Å². The lowest BCUT2D eigenvalue weighted by Crippen LogP contribution is -2.37. The third-order valence-corrected chi connectivity index (χ3v) is 3.60. The third-order valence-electron chi connectivity index (χ3n) is 3.60. The predicted molar refractivity (Wildman–Crippen MR) is 58.4 cm³/mol. The van der Waals surface area contributed by atoms with E-state index in [1.54, 1.807) is 7.11 Å². The first-order valence-corrected chi connectivity index (χ1v) is 6.06. The molecule has 94 valence electrons. The van der Waals surface area contributed by atoms with Gasteiger partial charge in [0.15, 0.2) is 0 Å². The first-order chi connectivity index (χ1) is 8.34. The number of nitrogens with one attached hydrogen (secondary N) is 1. The molecular formula is C11H17N3O3. The van der Waals surface area contributed by atoms with Crippen molar-refractivity contribution in [2.75, 3.05) is 26.8 Å². The Hall–Kier alpha value is -0.980. The van der Waals surface area contributed by atoms with E-state index in [-0.39, 0.29) is 11.7 Å². The zero-order chi connectivity index (χ0) is 11.7. The van der Waals surface area contributed by atoms with Crippen LogP contribution in [0.2, 0.25) is 0 Å². The lowest BCUT2D eigenvalue weighted by atomic mass is 9.79. The Morgan fingerprint density at radius 2 is 2.35 bits per heavy atom. The van der Waals surface area contributed by atoms with Gasteiger partial charge in [-0.25, -0.2) is 0 Å². The van der Waals surface area contributed by atoms with Crippen LogP contribution >= 0.6 is 0 Å². The third kappa shape index (κ3) is 1.86. The van der Waals surface area contributed by atoms with Gasteiger partial charge in [-0.3, -0.25) is 0 Å². The van der Waals surface area contributed by atoms with Crippen LogP contribution in [0.1, 0.15) is 37.1 Å². The molecule has 1 aliphatic carbocycles. The Kier molecular flexibility index (Phi) is 2.85. The number of morpholine rings is 1. The number of hydrogen-bond donors (Lipinski definition) is 1. The van der Waals surface area contributed by atoms with Gasteiger partial charge in [-0.2, -0.15) is 4.98 Å². The average Bonchev–Trinajstić information content (AvgIpc) is 2.80. The van der Waals surface area contributed by atoms with Crippen LogP contribution in [-0.2, 0) is 15.1 Å². The Balaban J connectivity index is 1.77. The highest BCUT2D eigenvalue weighted by molar-refractivity contribution is 5.07. The van der Waals surface area contributed by atoms with Gasteiger partial charge in [0.05, 0.1) is 6.61 Å². The van der Waals surface area contributed by atoms with Gasteiger partial charge in [-0.05, 0) is 19.3 Å². The van der Waals surface area contributed by atoms with Gasteiger partial charge in [-0.1, -0.05) is 5.16 Å². The number of methoxy groups -OCH3 is 1. The monoisotopic (exact) mass is 239 g/mol. The Morgan fingerprint density at radius 3 is 2.94 bits per heavy atom. The molecule has 6 heteroatoms. The van der Waals surface area contributed by atoms with E-state index >= 15 is 0 Å². The predicted octanol–water partition coefficient (Wildman–Crippen LogP) is 0.756. The molecule has 2 fully saturated rings. The molecule has 1 saturated carbocycles. The number of nitrogens with zero attached hydrogens (tertiary/aromatic N) is 2. The molecule has 0 amide bonds. The molecule has 1 saturated heterocycles. The smallest absolute Gasteiger partial charge is 0.257 e. The molecule has 0 bridgehead atoms. The van der Waals surface area contributed by atoms with Crippen LogP contribution in [0, 0.1) is 0 Å². The summed E-state index contributed by atoms with van der Waals surface area (Å²) in [6.45, 7) is 2.28. The molecule has 2 aliphatic rings. The molecule has 0 aromatic carbocycles. The molecule has 1 N–H and O–H groups in total. The van der Waals surface area contributed by atoms with Crippen LogP contribution in [-0.4, -0.2) is 36.9 Å². The molecule has 17 heavy (non-hydrogen) atoms. The van der Waals surface area contributed by atoms with Crippen LogP contribution in [0.3, 0.4) is 0 Å². The molecule has 0 radical (unpaired) electrons. The number of rotatable bonds is 3. The first kappa shape index (κ1) is 11.1. The van der Waals surface area contributed by atoms with Gasteiger partial charge in [-0.15, -0.1) is 0 Å². The number of hydrogen-bond acceptors (Lipinski definition) is 6. The van der Waals surface area contributed by atoms with Crippen LogP contribution < -0.4 is 5.32 Å². The van der Waals surface area contributed by atoms with Gasteiger partial charge in [0.2, 0.25) is 5.82 Å². The second kappa shape index (κ2) is 4.36. The van der Waals surface area contributed by atoms with E-state index in [2.05, 4.69) is 15.5 Å². The van der Waals surface area contributed by atoms with Gasteiger partial charge in [0.25, 0.3) is 5.89 Å². The molecule has 1 aromatic heterocycles. The zero-order valence-electron chi connectivity index (χ0n) is 9.94. The molecule has 1 aromatic rings. The fraction of sp³-hybridized carbons (Fsp3) is 0.818. The summed E-state index contributed by atoms with van der Waals surface area (Å²) in [6, 6.07) is 0. The first-order valence-electron chi connectivity index (χ1n) is 6.06. The average molecular weight is 239 g/mol. The van der Waals surface area contributed by atoms with E-state index in [1.807, 2.05) is 0 Å². The lowest BCUT2D eigenvalue weighted by Gasteiger charge is -2.37. The van der Waals surface area contributed by atoms with E-state index in [0.29, 0.717) is 18.3 Å². The maximum Gasteiger partial charge on any atom is 0.257 e. The second-order valence-corrected chi connectivity index (χ2v) is 4.57. The van der Waals surface area contributed by atoms with Crippen molar-refractivity contribution in [3.63, 3.8) is 0 Å². The molecule has 1 unspecified atom stereocenters. The van der Waals surface area contributed by atoms with Crippen molar-refractivity contribution >= 4 is 0 Å². The molecular weight excluding hydrogens is 222 g/mol. The van der Waals surface area contributed by atoms with Crippen molar-refractivity contribution < 1.29 is 14.0 Å². The highest BCUT2D eigenvalue weighted by Gasteiger charge is 2.43. The second-order valence-electron chi connectivity index (χ2n) is 4.57. The summed E-state index contributed by atoms with van der Waals surface area (Å²) in [5, 5.41) is 7.28. The van der Waals surface area contributed by atoms with Crippen LogP contribution in [0.25, 0.3) is 0 Å². The van der Waals surface area contributed by atoms with E-state index in [4.69, 9.17) is 14.0 Å². The highest BCUT2D eigenvalue weighted by atomic mass is 16.5. The lowest BCUT2D eigenvalue weighted by molar-refractivity contribution is -0.0858. The summed E-state index contributed by atoms with van der Waals surface area (Å²) in [6.07, 6.45) is 2.96. The fourth-order valence-corrected chi connectivity index (χ4v) is 2.29. The van der Waals surface area contributed by atoms with Crippen molar-refractivity contribution in [1.29, 1.82) is 0 Å². The van der Waals surface area contributed by atoms with E-state index < -0.39 is 0 Å². The van der Waals surface area contributed by atoms with Crippen molar-refractivity contribution in [3.05, 3.63) is 11.7 Å². The Labute approximate surface area is 99.7 Å². The van der Waals surface area contributed by atoms with Crippen molar-refractivity contribution in [3.8, 4) is 0 Å². The molecule has 0 spiro atoms. The summed E-state index contributed by atoms with van der Waals surface area (Å²) in [5.41, 5.74) is -0.316. The number of ether oxygens (including phenoxy) is 2. The summed E-state index contributed by atoms with van der Waals surface area (Å²) < 4.78 is 16.4. The minimum absolute atomic E-state index is 0.126. The van der Waals surface area contributed by atoms with E-state index in [9.17, 15) is 0 Å². The molecule has 1 aliphatic heterocycles. The zero-order valence-corrected chi connectivity index (χ0v) is 9.94. The van der Waals surface area contributed by atoms with Crippen LogP contribution in [0.15, 0.2) is 4.52 Å². The van der Waals surface area contributed by atoms with E-state index in [0.717, 1.165) is 32.4 Å². The van der Waals surface area contributed by atoms with Crippen molar-refractivity contribution in [2.24, 2.45) is 0 Å². The van der Waals surface area contributed by atoms with Gasteiger partial charge in [0.1, 0.15) is 11.7 Å². The maximum absolute atomic E-state index is 5.58. The van der Waals surface area contributed by atoms with E-state index in [1.165, 1.54) is 0 Å². The quantitative estimate of drug-likeness (QED) is 0.839. The summed E-state index contributed by atoms with van der Waals surface area (Å²) in [5.74, 6) is 1.21. The summed E-state index contributed by atoms with van der Waals surface area (Å²) in [7, 11) is 1.70. The number of aromatic nitrogens is 2. The summed E-state index contributed by atoms with van der Waals surface area (Å²) in [4.78, 5) is 4.43. The maximum atomic E-state index is 5.58. The Morgan fingerprint density at radius 1 is 1.47 bits per heavy atom. The molecule has 3 rings (SSSR count). The van der Waals surface area contributed by atoms with Crippen molar-refractivity contribution in [1.82, 2.24) is 15.5 Å². The fourth-order valence-electron chi connectivity index (χ4n) is 2.29.